The van der Waals surface area contributed by atoms with Gasteiger partial charge in [-0.3, -0.25) is 4.79 Å². The summed E-state index contributed by atoms with van der Waals surface area (Å²) in [6.45, 7) is 6.71. The molecule has 1 N–H and O–H groups in total. The molecule has 2 atom stereocenters. The highest BCUT2D eigenvalue weighted by Gasteiger charge is 2.37. The Bertz CT molecular complexity index is 221. The first-order valence-corrected chi connectivity index (χ1v) is 6.19. The highest BCUT2D eigenvalue weighted by Crippen LogP contribution is 2.43. The molecule has 1 aliphatic carbocycles. The maximum absolute atomic E-state index is 11.1. The van der Waals surface area contributed by atoms with Crippen LogP contribution in [0.15, 0.2) is 0 Å². The van der Waals surface area contributed by atoms with Crippen molar-refractivity contribution in [1.82, 2.24) is 0 Å². The molecule has 1 fully saturated rings. The number of carboxylic acids is 1. The monoisotopic (exact) mass is 212 g/mol. The van der Waals surface area contributed by atoms with Crippen molar-refractivity contribution in [2.45, 2.75) is 59.3 Å². The van der Waals surface area contributed by atoms with Crippen molar-refractivity contribution in [3.63, 3.8) is 0 Å². The van der Waals surface area contributed by atoms with Gasteiger partial charge in [0.05, 0.1) is 5.92 Å². The third kappa shape index (κ3) is 3.51. The lowest BCUT2D eigenvalue weighted by molar-refractivity contribution is -0.146. The van der Waals surface area contributed by atoms with Crippen LogP contribution in [0.2, 0.25) is 0 Å². The molecule has 2 unspecified atom stereocenters. The van der Waals surface area contributed by atoms with Crippen molar-refractivity contribution < 1.29 is 9.90 Å². The molecule has 2 heteroatoms. The van der Waals surface area contributed by atoms with E-state index in [0.29, 0.717) is 11.3 Å². The molecule has 0 saturated heterocycles. The Morgan fingerprint density at radius 3 is 2.67 bits per heavy atom. The third-order valence-electron chi connectivity index (χ3n) is 3.76. The van der Waals surface area contributed by atoms with E-state index in [9.17, 15) is 9.90 Å². The molecule has 1 saturated carbocycles. The minimum atomic E-state index is -0.577. The van der Waals surface area contributed by atoms with Crippen LogP contribution in [0.3, 0.4) is 0 Å². The summed E-state index contributed by atoms with van der Waals surface area (Å²) in [7, 11) is 0. The summed E-state index contributed by atoms with van der Waals surface area (Å²) < 4.78 is 0. The van der Waals surface area contributed by atoms with E-state index >= 15 is 0 Å². The molecular weight excluding hydrogens is 188 g/mol. The lowest BCUT2D eigenvalue weighted by atomic mass is 9.66. The SMILES string of the molecule is CCCCC1CC(C)(C)CCC1C(=O)O. The molecule has 0 spiro atoms. The number of carbonyl (C=O) groups is 1. The molecule has 0 radical (unpaired) electrons. The van der Waals surface area contributed by atoms with Crippen LogP contribution in [0.5, 0.6) is 0 Å². The predicted molar refractivity (Wildman–Crippen MR) is 61.8 cm³/mol. The van der Waals surface area contributed by atoms with E-state index in [1.54, 1.807) is 0 Å². The Hall–Kier alpha value is -0.530. The third-order valence-corrected chi connectivity index (χ3v) is 3.76. The van der Waals surface area contributed by atoms with Gasteiger partial charge in [0, 0.05) is 0 Å². The maximum Gasteiger partial charge on any atom is 0.306 e. The number of aliphatic carboxylic acids is 1. The van der Waals surface area contributed by atoms with Crippen LogP contribution in [0.1, 0.15) is 59.3 Å². The van der Waals surface area contributed by atoms with Gasteiger partial charge in [-0.25, -0.2) is 0 Å². The topological polar surface area (TPSA) is 37.3 Å². The highest BCUT2D eigenvalue weighted by molar-refractivity contribution is 5.70. The Labute approximate surface area is 93.1 Å². The van der Waals surface area contributed by atoms with Gasteiger partial charge in [-0.1, -0.05) is 33.6 Å². The number of unbranched alkanes of at least 4 members (excludes halogenated alkanes) is 1. The maximum atomic E-state index is 11.1. The minimum absolute atomic E-state index is 0.0791. The first-order valence-electron chi connectivity index (χ1n) is 6.19. The Morgan fingerprint density at radius 1 is 1.47 bits per heavy atom. The van der Waals surface area contributed by atoms with Crippen LogP contribution in [0.25, 0.3) is 0 Å². The summed E-state index contributed by atoms with van der Waals surface area (Å²) in [5.74, 6) is -0.248. The molecule has 0 amide bonds. The van der Waals surface area contributed by atoms with Gasteiger partial charge in [-0.05, 0) is 37.0 Å². The summed E-state index contributed by atoms with van der Waals surface area (Å²) in [6.07, 6.45) is 6.46. The molecule has 0 bridgehead atoms. The number of rotatable bonds is 4. The van der Waals surface area contributed by atoms with E-state index in [1.807, 2.05) is 0 Å². The van der Waals surface area contributed by atoms with Gasteiger partial charge >= 0.3 is 5.97 Å². The van der Waals surface area contributed by atoms with Gasteiger partial charge in [0.1, 0.15) is 0 Å². The quantitative estimate of drug-likeness (QED) is 0.771. The van der Waals surface area contributed by atoms with E-state index in [2.05, 4.69) is 20.8 Å². The molecule has 0 heterocycles. The van der Waals surface area contributed by atoms with E-state index < -0.39 is 5.97 Å². The van der Waals surface area contributed by atoms with Crippen molar-refractivity contribution in [1.29, 1.82) is 0 Å². The van der Waals surface area contributed by atoms with Crippen molar-refractivity contribution >= 4 is 5.97 Å². The predicted octanol–water partition coefficient (Wildman–Crippen LogP) is 3.70. The Kier molecular flexibility index (Phi) is 4.18. The molecular formula is C13H24O2. The van der Waals surface area contributed by atoms with Crippen molar-refractivity contribution in [3.8, 4) is 0 Å². The lowest BCUT2D eigenvalue weighted by Crippen LogP contribution is -2.34. The van der Waals surface area contributed by atoms with Gasteiger partial charge in [-0.15, -0.1) is 0 Å². The fourth-order valence-corrected chi connectivity index (χ4v) is 2.83. The fraction of sp³-hybridized carbons (Fsp3) is 0.923. The average molecular weight is 212 g/mol. The second-order valence-electron chi connectivity index (χ2n) is 5.75. The summed E-state index contributed by atoms with van der Waals surface area (Å²) in [5.41, 5.74) is 0.352. The molecule has 0 aliphatic heterocycles. The molecule has 88 valence electrons. The van der Waals surface area contributed by atoms with E-state index in [0.717, 1.165) is 25.7 Å². The number of hydrogen-bond acceptors (Lipinski definition) is 1. The molecule has 1 rings (SSSR count). The summed E-state index contributed by atoms with van der Waals surface area (Å²) in [6, 6.07) is 0. The summed E-state index contributed by atoms with van der Waals surface area (Å²) in [5, 5.41) is 9.18. The molecule has 1 aliphatic rings. The zero-order chi connectivity index (χ0) is 11.5. The normalized spacial score (nSPS) is 30.1. The van der Waals surface area contributed by atoms with Gasteiger partial charge in [0.15, 0.2) is 0 Å². The summed E-state index contributed by atoms with van der Waals surface area (Å²) >= 11 is 0. The van der Waals surface area contributed by atoms with Crippen LogP contribution in [0.4, 0.5) is 0 Å². The van der Waals surface area contributed by atoms with Crippen LogP contribution in [-0.2, 0) is 4.79 Å². The average Bonchev–Trinajstić information content (AvgIpc) is 2.12. The molecule has 15 heavy (non-hydrogen) atoms. The zero-order valence-corrected chi connectivity index (χ0v) is 10.3. The number of carboxylic acid groups (broad SMARTS) is 1. The van der Waals surface area contributed by atoms with Crippen molar-refractivity contribution in [3.05, 3.63) is 0 Å². The van der Waals surface area contributed by atoms with Gasteiger partial charge < -0.3 is 5.11 Å². The van der Waals surface area contributed by atoms with Crippen LogP contribution in [0, 0.1) is 17.3 Å². The second kappa shape index (κ2) is 5.00. The first kappa shape index (κ1) is 12.5. The minimum Gasteiger partial charge on any atom is -0.481 e. The summed E-state index contributed by atoms with van der Waals surface area (Å²) in [4.78, 5) is 11.1. The zero-order valence-electron chi connectivity index (χ0n) is 10.3. The lowest BCUT2D eigenvalue weighted by Gasteiger charge is -2.39. The molecule has 0 aromatic heterocycles. The second-order valence-corrected chi connectivity index (χ2v) is 5.75. The molecule has 2 nitrogen and oxygen atoms in total. The largest absolute Gasteiger partial charge is 0.481 e. The molecule has 0 aromatic carbocycles. The van der Waals surface area contributed by atoms with Crippen LogP contribution in [-0.4, -0.2) is 11.1 Å². The molecule has 0 aromatic rings. The van der Waals surface area contributed by atoms with Gasteiger partial charge in [0.2, 0.25) is 0 Å². The first-order chi connectivity index (χ1) is 6.96. The van der Waals surface area contributed by atoms with Crippen LogP contribution < -0.4 is 0 Å². The fourth-order valence-electron chi connectivity index (χ4n) is 2.83. The van der Waals surface area contributed by atoms with Crippen molar-refractivity contribution in [2.75, 3.05) is 0 Å². The standard InChI is InChI=1S/C13H24O2/c1-4-5-6-10-9-13(2,3)8-7-11(10)12(14)15/h10-11H,4-9H2,1-3H3,(H,14,15). The van der Waals surface area contributed by atoms with Gasteiger partial charge in [-0.2, -0.15) is 0 Å². The highest BCUT2D eigenvalue weighted by atomic mass is 16.4. The van der Waals surface area contributed by atoms with E-state index in [-0.39, 0.29) is 5.92 Å². The smallest absolute Gasteiger partial charge is 0.306 e. The van der Waals surface area contributed by atoms with Crippen molar-refractivity contribution in [2.24, 2.45) is 17.3 Å². The Morgan fingerprint density at radius 2 is 2.13 bits per heavy atom. The van der Waals surface area contributed by atoms with Gasteiger partial charge in [0.25, 0.3) is 0 Å². The van der Waals surface area contributed by atoms with Crippen LogP contribution >= 0.6 is 0 Å². The number of hydrogen-bond donors (Lipinski definition) is 1. The van der Waals surface area contributed by atoms with E-state index in [4.69, 9.17) is 0 Å². The Balaban J connectivity index is 2.60. The van der Waals surface area contributed by atoms with E-state index in [1.165, 1.54) is 12.8 Å².